The zero-order valence-electron chi connectivity index (χ0n) is 69.9. The van der Waals surface area contributed by atoms with E-state index < -0.39 is 73.4 Å². The van der Waals surface area contributed by atoms with Crippen molar-refractivity contribution in [2.24, 2.45) is 0 Å². The third-order valence-electron chi connectivity index (χ3n) is 20.6. The standard InChI is InChI=1S/C93H170O12/c1-7-13-19-25-31-37-40-43-46-49-52-55-61-67-73-79-88(94)103-85(76-70-64-58-34-28-22-16-10-4)91(97)100-82-84(102-93(99)87(78-72-66-60-36-30-24-18-12-6)105-90(96)81-75-69-63-57-54-51-48-45-42-39-33-27-21-15-9-3)83-101-92(98)86(77-71-65-59-35-29-23-17-11-5)104-89(95)80-74-68-62-56-53-50-47-44-41-38-32-26-20-14-8-2/h43-48,84-87H,7-42,49-83H2,1-6H3/b46-43-,47-44-,48-45-. The molecule has 0 radical (unpaired) electrons. The van der Waals surface area contributed by atoms with Gasteiger partial charge in [0, 0.05) is 19.3 Å². The summed E-state index contributed by atoms with van der Waals surface area (Å²) < 4.78 is 36.1. The minimum Gasteiger partial charge on any atom is -0.459 e. The van der Waals surface area contributed by atoms with Gasteiger partial charge in [0.2, 0.25) is 0 Å². The molecular weight excluding hydrogens is 1310 g/mol. The van der Waals surface area contributed by atoms with Gasteiger partial charge in [-0.2, -0.15) is 0 Å². The molecule has 0 fully saturated rings. The topological polar surface area (TPSA) is 158 Å². The van der Waals surface area contributed by atoms with Gasteiger partial charge < -0.3 is 28.4 Å². The van der Waals surface area contributed by atoms with E-state index >= 15 is 0 Å². The Labute approximate surface area is 648 Å². The van der Waals surface area contributed by atoms with Gasteiger partial charge in [-0.3, -0.25) is 14.4 Å². The average molecular weight is 1480 g/mol. The lowest BCUT2D eigenvalue weighted by molar-refractivity contribution is -0.185. The molecule has 0 aromatic carbocycles. The third kappa shape index (κ3) is 72.7. The summed E-state index contributed by atoms with van der Waals surface area (Å²) in [5, 5.41) is 0. The van der Waals surface area contributed by atoms with E-state index in [-0.39, 0.29) is 38.5 Å². The monoisotopic (exact) mass is 1480 g/mol. The number of unbranched alkanes of at least 4 members (excludes halogenated alkanes) is 54. The molecule has 0 aliphatic rings. The number of carbonyl (C=O) groups excluding carboxylic acids is 6. The molecule has 0 spiro atoms. The van der Waals surface area contributed by atoms with Crippen molar-refractivity contribution in [3.05, 3.63) is 36.5 Å². The Kier molecular flexibility index (Phi) is 79.4. The number of allylic oxidation sites excluding steroid dienone is 6. The summed E-state index contributed by atoms with van der Waals surface area (Å²) in [6, 6.07) is 0. The molecule has 0 aliphatic carbocycles. The van der Waals surface area contributed by atoms with Crippen molar-refractivity contribution in [2.75, 3.05) is 13.2 Å². The summed E-state index contributed by atoms with van der Waals surface area (Å²) in [7, 11) is 0. The minimum absolute atomic E-state index is 0.171. The number of esters is 6. The first-order valence-electron chi connectivity index (χ1n) is 45.6. The van der Waals surface area contributed by atoms with Crippen LogP contribution < -0.4 is 0 Å². The second kappa shape index (κ2) is 82.5. The molecule has 12 heteroatoms. The summed E-state index contributed by atoms with van der Waals surface area (Å²) in [4.78, 5) is 84.1. The van der Waals surface area contributed by atoms with Crippen LogP contribution in [0.15, 0.2) is 36.5 Å². The number of rotatable bonds is 83. The first-order chi connectivity index (χ1) is 51.6. The van der Waals surface area contributed by atoms with Crippen molar-refractivity contribution < 1.29 is 57.2 Å². The molecule has 0 bridgehead atoms. The SMILES string of the molecule is CCCCCCCC/C=C\CCCCCCCC(=O)OC(CCCCCCCCCC)C(=O)OCC(COC(=O)C(CCCCCCCCCC)OC(=O)CCCCCCC/C=C\CCCCCCCC)OC(=O)C(CCCCCCCCCC)OC(=O)CCCCCCC/C=C\CCCCCCCC. The Bertz CT molecular complexity index is 1920. The van der Waals surface area contributed by atoms with E-state index in [0.29, 0.717) is 38.5 Å². The highest BCUT2D eigenvalue weighted by atomic mass is 16.6. The van der Waals surface area contributed by atoms with Crippen LogP contribution in [0.1, 0.15) is 485 Å². The molecule has 0 amide bonds. The Morgan fingerprint density at radius 3 is 0.610 bits per heavy atom. The van der Waals surface area contributed by atoms with Crippen molar-refractivity contribution in [1.82, 2.24) is 0 Å². The Balaban J connectivity index is 6.55. The predicted molar refractivity (Wildman–Crippen MR) is 441 cm³/mol. The maximum absolute atomic E-state index is 14.6. The van der Waals surface area contributed by atoms with Crippen LogP contribution >= 0.6 is 0 Å². The summed E-state index contributed by atoms with van der Waals surface area (Å²) in [5.41, 5.74) is 0. The number of hydrogen-bond acceptors (Lipinski definition) is 12. The normalized spacial score (nSPS) is 12.9. The smallest absolute Gasteiger partial charge is 0.347 e. The average Bonchev–Trinajstić information content (AvgIpc) is 0.902. The molecule has 3 unspecified atom stereocenters. The highest BCUT2D eigenvalue weighted by molar-refractivity contribution is 5.81. The van der Waals surface area contributed by atoms with E-state index in [4.69, 9.17) is 28.4 Å². The van der Waals surface area contributed by atoms with E-state index in [9.17, 15) is 28.8 Å². The van der Waals surface area contributed by atoms with Crippen LogP contribution in [-0.2, 0) is 57.2 Å². The number of carbonyl (C=O) groups is 6. The Hall–Kier alpha value is -3.96. The van der Waals surface area contributed by atoms with Gasteiger partial charge in [-0.15, -0.1) is 0 Å². The molecule has 0 saturated heterocycles. The molecule has 12 nitrogen and oxygen atoms in total. The largest absolute Gasteiger partial charge is 0.459 e. The highest BCUT2D eigenvalue weighted by Crippen LogP contribution is 2.22. The Morgan fingerprint density at radius 1 is 0.210 bits per heavy atom. The molecule has 0 N–H and O–H groups in total. The van der Waals surface area contributed by atoms with Gasteiger partial charge >= 0.3 is 35.8 Å². The molecule has 105 heavy (non-hydrogen) atoms. The van der Waals surface area contributed by atoms with Gasteiger partial charge in [-0.05, 0) is 135 Å². The molecule has 0 aliphatic heterocycles. The lowest BCUT2D eigenvalue weighted by atomic mass is 10.1. The van der Waals surface area contributed by atoms with Gasteiger partial charge in [0.05, 0.1) is 0 Å². The van der Waals surface area contributed by atoms with E-state index in [2.05, 4.69) is 78.0 Å². The zero-order chi connectivity index (χ0) is 76.5. The molecule has 3 atom stereocenters. The van der Waals surface area contributed by atoms with Crippen LogP contribution in [0.5, 0.6) is 0 Å². The van der Waals surface area contributed by atoms with Crippen LogP contribution in [0.25, 0.3) is 0 Å². The van der Waals surface area contributed by atoms with Crippen LogP contribution in [0.4, 0.5) is 0 Å². The maximum atomic E-state index is 14.6. The second-order valence-corrected chi connectivity index (χ2v) is 31.0. The number of hydrogen-bond donors (Lipinski definition) is 0. The number of ether oxygens (including phenoxy) is 6. The lowest BCUT2D eigenvalue weighted by Gasteiger charge is -2.24. The quantitative estimate of drug-likeness (QED) is 0.0246. The van der Waals surface area contributed by atoms with Crippen LogP contribution in [0, 0.1) is 0 Å². The van der Waals surface area contributed by atoms with Gasteiger partial charge in [0.1, 0.15) is 13.2 Å². The molecular formula is C93H170O12. The third-order valence-corrected chi connectivity index (χ3v) is 20.6. The summed E-state index contributed by atoms with van der Waals surface area (Å²) >= 11 is 0. The van der Waals surface area contributed by atoms with Crippen molar-refractivity contribution in [1.29, 1.82) is 0 Å². The summed E-state index contributed by atoms with van der Waals surface area (Å²) in [6.45, 7) is 12.4. The summed E-state index contributed by atoms with van der Waals surface area (Å²) in [6.07, 6.45) is 80.0. The zero-order valence-corrected chi connectivity index (χ0v) is 69.9. The maximum Gasteiger partial charge on any atom is 0.347 e. The fourth-order valence-electron chi connectivity index (χ4n) is 13.6. The molecule has 0 aromatic rings. The van der Waals surface area contributed by atoms with E-state index in [0.717, 1.165) is 193 Å². The van der Waals surface area contributed by atoms with E-state index in [1.165, 1.54) is 173 Å². The molecule has 0 heterocycles. The highest BCUT2D eigenvalue weighted by Gasteiger charge is 2.32. The first kappa shape index (κ1) is 101. The lowest BCUT2D eigenvalue weighted by Crippen LogP contribution is -2.39. The van der Waals surface area contributed by atoms with Gasteiger partial charge in [0.15, 0.2) is 24.4 Å². The minimum atomic E-state index is -1.32. The van der Waals surface area contributed by atoms with E-state index in [1.54, 1.807) is 0 Å². The van der Waals surface area contributed by atoms with E-state index in [1.807, 2.05) is 0 Å². The van der Waals surface area contributed by atoms with Crippen LogP contribution in [0.2, 0.25) is 0 Å². The fraction of sp³-hybridized carbons (Fsp3) is 0.871. The second-order valence-electron chi connectivity index (χ2n) is 31.0. The summed E-state index contributed by atoms with van der Waals surface area (Å²) in [5.74, 6) is -3.70. The van der Waals surface area contributed by atoms with Gasteiger partial charge in [0.25, 0.3) is 0 Å². The Morgan fingerprint density at radius 2 is 0.390 bits per heavy atom. The van der Waals surface area contributed by atoms with Crippen molar-refractivity contribution in [3.63, 3.8) is 0 Å². The molecule has 0 rings (SSSR count). The van der Waals surface area contributed by atoms with Crippen molar-refractivity contribution in [3.8, 4) is 0 Å². The van der Waals surface area contributed by atoms with Crippen LogP contribution in [-0.4, -0.2) is 73.4 Å². The molecule has 614 valence electrons. The van der Waals surface area contributed by atoms with Gasteiger partial charge in [-0.25, -0.2) is 14.4 Å². The first-order valence-corrected chi connectivity index (χ1v) is 45.6. The van der Waals surface area contributed by atoms with Crippen LogP contribution in [0.3, 0.4) is 0 Å². The molecule has 0 saturated carbocycles. The molecule has 0 aromatic heterocycles. The van der Waals surface area contributed by atoms with Crippen molar-refractivity contribution in [2.45, 2.75) is 509 Å². The predicted octanol–water partition coefficient (Wildman–Crippen LogP) is 28.4. The van der Waals surface area contributed by atoms with Gasteiger partial charge in [-0.1, -0.05) is 367 Å². The fourth-order valence-corrected chi connectivity index (χ4v) is 13.6. The van der Waals surface area contributed by atoms with Crippen molar-refractivity contribution >= 4 is 35.8 Å².